The van der Waals surface area contributed by atoms with Crippen LogP contribution in [0.5, 0.6) is 0 Å². The zero-order valence-electron chi connectivity index (χ0n) is 15.4. The quantitative estimate of drug-likeness (QED) is 0.773. The molecule has 0 bridgehead atoms. The molecule has 0 unspecified atom stereocenters. The molecule has 2 rings (SSSR count). The van der Waals surface area contributed by atoms with Gasteiger partial charge in [-0.3, -0.25) is 14.5 Å². The first-order chi connectivity index (χ1) is 11.5. The monoisotopic (exact) mass is 328 g/mol. The predicted octanol–water partition coefficient (Wildman–Crippen LogP) is 3.94. The lowest BCUT2D eigenvalue weighted by Gasteiger charge is -2.28. The number of aryl methyl sites for hydroxylation is 1. The van der Waals surface area contributed by atoms with Gasteiger partial charge in [-0.15, -0.1) is 0 Å². The van der Waals surface area contributed by atoms with Crippen LogP contribution in [0.15, 0.2) is 30.6 Å². The van der Waals surface area contributed by atoms with E-state index in [9.17, 15) is 4.79 Å². The number of nitrogens with zero attached hydrogens (tertiary/aromatic N) is 4. The van der Waals surface area contributed by atoms with E-state index in [1.807, 2.05) is 43.4 Å². The molecular formula is C19H28N4O. The number of carbonyl (C=O) groups excluding carboxylic acids is 1. The molecule has 5 heteroatoms. The van der Waals surface area contributed by atoms with Crippen LogP contribution >= 0.6 is 0 Å². The molecule has 1 amide bonds. The molecule has 1 atom stereocenters. The lowest BCUT2D eigenvalue weighted by molar-refractivity contribution is 0.0709. The normalized spacial score (nSPS) is 12.4. The summed E-state index contributed by atoms with van der Waals surface area (Å²) in [4.78, 5) is 19.1. The third-order valence-electron chi connectivity index (χ3n) is 4.40. The molecule has 0 spiro atoms. The van der Waals surface area contributed by atoms with Crippen molar-refractivity contribution in [3.8, 4) is 0 Å². The van der Waals surface area contributed by atoms with Gasteiger partial charge in [-0.25, -0.2) is 0 Å². The molecule has 130 valence electrons. The number of pyridine rings is 1. The Balaban J connectivity index is 2.28. The van der Waals surface area contributed by atoms with E-state index in [-0.39, 0.29) is 11.9 Å². The van der Waals surface area contributed by atoms with E-state index < -0.39 is 0 Å². The van der Waals surface area contributed by atoms with E-state index in [1.165, 1.54) is 0 Å². The standard InChI is InChI=1S/C19H28N4O/c1-6-7-10-17(15-9-8-11-20-13-15)22(4)19(24)18-12-16(14(2)3)21-23(18)5/h8-9,11-14,17H,6-7,10H2,1-5H3/t17-/m1/s1. The lowest BCUT2D eigenvalue weighted by Crippen LogP contribution is -2.32. The maximum atomic E-state index is 13.0. The molecule has 2 aromatic heterocycles. The Morgan fingerprint density at radius 2 is 2.12 bits per heavy atom. The van der Waals surface area contributed by atoms with Crippen LogP contribution in [0.2, 0.25) is 0 Å². The molecule has 0 aromatic carbocycles. The van der Waals surface area contributed by atoms with Crippen molar-refractivity contribution in [1.82, 2.24) is 19.7 Å². The van der Waals surface area contributed by atoms with Crippen LogP contribution in [-0.2, 0) is 7.05 Å². The fourth-order valence-corrected chi connectivity index (χ4v) is 2.85. The van der Waals surface area contributed by atoms with E-state index in [1.54, 1.807) is 10.9 Å². The Kier molecular flexibility index (Phi) is 6.12. The topological polar surface area (TPSA) is 51.0 Å². The maximum absolute atomic E-state index is 13.0. The van der Waals surface area contributed by atoms with E-state index >= 15 is 0 Å². The van der Waals surface area contributed by atoms with Crippen LogP contribution in [0.3, 0.4) is 0 Å². The summed E-state index contributed by atoms with van der Waals surface area (Å²) in [5, 5.41) is 4.46. The highest BCUT2D eigenvalue weighted by Gasteiger charge is 2.25. The largest absolute Gasteiger partial charge is 0.333 e. The van der Waals surface area contributed by atoms with Gasteiger partial charge in [-0.05, 0) is 30.0 Å². The second kappa shape index (κ2) is 8.08. The Morgan fingerprint density at radius 3 is 2.67 bits per heavy atom. The molecule has 0 aliphatic heterocycles. The molecule has 5 nitrogen and oxygen atoms in total. The molecule has 24 heavy (non-hydrogen) atoms. The summed E-state index contributed by atoms with van der Waals surface area (Å²) in [6.45, 7) is 6.33. The van der Waals surface area contributed by atoms with Crippen molar-refractivity contribution in [2.75, 3.05) is 7.05 Å². The lowest BCUT2D eigenvalue weighted by atomic mass is 10.0. The minimum absolute atomic E-state index is 0.00172. The van der Waals surface area contributed by atoms with E-state index in [2.05, 4.69) is 30.9 Å². The van der Waals surface area contributed by atoms with Crippen LogP contribution in [0, 0.1) is 0 Å². The second-order valence-corrected chi connectivity index (χ2v) is 6.59. The van der Waals surface area contributed by atoms with Crippen LogP contribution in [-0.4, -0.2) is 32.6 Å². The fourth-order valence-electron chi connectivity index (χ4n) is 2.85. The zero-order valence-corrected chi connectivity index (χ0v) is 15.4. The summed E-state index contributed by atoms with van der Waals surface area (Å²) < 4.78 is 1.69. The Bertz CT molecular complexity index is 663. The SMILES string of the molecule is CCCC[C@H](c1cccnc1)N(C)C(=O)c1cc(C(C)C)nn1C. The van der Waals surface area contributed by atoms with Gasteiger partial charge in [-0.1, -0.05) is 39.7 Å². The number of hydrogen-bond acceptors (Lipinski definition) is 3. The predicted molar refractivity (Wildman–Crippen MR) is 95.9 cm³/mol. The van der Waals surface area contributed by atoms with Gasteiger partial charge in [0.05, 0.1) is 11.7 Å². The molecule has 0 N–H and O–H groups in total. The highest BCUT2D eigenvalue weighted by Crippen LogP contribution is 2.26. The Morgan fingerprint density at radius 1 is 1.38 bits per heavy atom. The third-order valence-corrected chi connectivity index (χ3v) is 4.40. The third kappa shape index (κ3) is 4.02. The van der Waals surface area contributed by atoms with Crippen molar-refractivity contribution in [2.45, 2.75) is 52.0 Å². The minimum atomic E-state index is 0.00172. The van der Waals surface area contributed by atoms with Crippen molar-refractivity contribution in [1.29, 1.82) is 0 Å². The molecular weight excluding hydrogens is 300 g/mol. The average molecular weight is 328 g/mol. The van der Waals surface area contributed by atoms with Crippen molar-refractivity contribution in [3.05, 3.63) is 47.5 Å². The van der Waals surface area contributed by atoms with E-state index in [0.717, 1.165) is 30.5 Å². The van der Waals surface area contributed by atoms with Gasteiger partial charge in [0.15, 0.2) is 0 Å². The first-order valence-corrected chi connectivity index (χ1v) is 8.66. The molecule has 0 aliphatic carbocycles. The van der Waals surface area contributed by atoms with Gasteiger partial charge in [0.2, 0.25) is 0 Å². The summed E-state index contributed by atoms with van der Waals surface area (Å²) in [7, 11) is 3.70. The van der Waals surface area contributed by atoms with Gasteiger partial charge in [0.25, 0.3) is 5.91 Å². The van der Waals surface area contributed by atoms with Crippen LogP contribution < -0.4 is 0 Å². The first-order valence-electron chi connectivity index (χ1n) is 8.66. The fraction of sp³-hybridized carbons (Fsp3) is 0.526. The average Bonchev–Trinajstić information content (AvgIpc) is 2.97. The van der Waals surface area contributed by atoms with Crippen molar-refractivity contribution >= 4 is 5.91 Å². The number of carbonyl (C=O) groups is 1. The Labute approximate surface area is 144 Å². The van der Waals surface area contributed by atoms with E-state index in [4.69, 9.17) is 0 Å². The first kappa shape index (κ1) is 18.2. The highest BCUT2D eigenvalue weighted by molar-refractivity contribution is 5.92. The van der Waals surface area contributed by atoms with E-state index in [0.29, 0.717) is 11.6 Å². The number of hydrogen-bond donors (Lipinski definition) is 0. The number of aromatic nitrogens is 3. The zero-order chi connectivity index (χ0) is 17.7. The molecule has 0 saturated carbocycles. The van der Waals surface area contributed by atoms with Gasteiger partial charge in [-0.2, -0.15) is 5.10 Å². The molecule has 2 aromatic rings. The van der Waals surface area contributed by atoms with Crippen molar-refractivity contribution < 1.29 is 4.79 Å². The maximum Gasteiger partial charge on any atom is 0.272 e. The summed E-state index contributed by atoms with van der Waals surface area (Å²) in [6, 6.07) is 5.90. The summed E-state index contributed by atoms with van der Waals surface area (Å²) in [5.41, 5.74) is 2.65. The second-order valence-electron chi connectivity index (χ2n) is 6.59. The van der Waals surface area contributed by atoms with Crippen LogP contribution in [0.4, 0.5) is 0 Å². The summed E-state index contributed by atoms with van der Waals surface area (Å²) in [5.74, 6) is 0.305. The Hall–Kier alpha value is -2.17. The molecule has 0 fully saturated rings. The van der Waals surface area contributed by atoms with Gasteiger partial charge < -0.3 is 4.90 Å². The summed E-state index contributed by atoms with van der Waals surface area (Å²) in [6.07, 6.45) is 6.71. The number of amides is 1. The van der Waals surface area contributed by atoms with Gasteiger partial charge in [0, 0.05) is 26.5 Å². The summed E-state index contributed by atoms with van der Waals surface area (Å²) >= 11 is 0. The van der Waals surface area contributed by atoms with Gasteiger partial charge >= 0.3 is 0 Å². The van der Waals surface area contributed by atoms with Crippen LogP contribution in [0.25, 0.3) is 0 Å². The molecule has 0 saturated heterocycles. The smallest absolute Gasteiger partial charge is 0.272 e. The number of unbranched alkanes of at least 4 members (excludes halogenated alkanes) is 1. The van der Waals surface area contributed by atoms with Crippen molar-refractivity contribution in [2.24, 2.45) is 7.05 Å². The van der Waals surface area contributed by atoms with Crippen molar-refractivity contribution in [3.63, 3.8) is 0 Å². The van der Waals surface area contributed by atoms with Crippen LogP contribution in [0.1, 0.15) is 73.7 Å². The molecule has 0 aliphatic rings. The minimum Gasteiger partial charge on any atom is -0.333 e. The number of rotatable bonds is 7. The molecule has 0 radical (unpaired) electrons. The van der Waals surface area contributed by atoms with Gasteiger partial charge in [0.1, 0.15) is 5.69 Å². The molecule has 2 heterocycles. The highest BCUT2D eigenvalue weighted by atomic mass is 16.2.